The SMILES string of the molecule is COCCn1c(=NC(=O)c2ccn(C(C)C)n2)sc2c(OC)ccc(OC)c21. The van der Waals surface area contributed by atoms with Crippen molar-refractivity contribution in [3.05, 3.63) is 34.9 Å². The van der Waals surface area contributed by atoms with Crippen LogP contribution < -0.4 is 14.3 Å². The lowest BCUT2D eigenvalue weighted by Crippen LogP contribution is -2.20. The summed E-state index contributed by atoms with van der Waals surface area (Å²) in [6.07, 6.45) is 1.78. The van der Waals surface area contributed by atoms with Crippen molar-refractivity contribution >= 4 is 27.5 Å². The molecule has 0 radical (unpaired) electrons. The van der Waals surface area contributed by atoms with Gasteiger partial charge in [0.2, 0.25) is 0 Å². The molecule has 8 nitrogen and oxygen atoms in total. The predicted octanol–water partition coefficient (Wildman–Crippen LogP) is 2.88. The first-order valence-electron chi connectivity index (χ1n) is 8.87. The average Bonchev–Trinajstić information content (AvgIpc) is 3.31. The van der Waals surface area contributed by atoms with Gasteiger partial charge in [0.25, 0.3) is 5.91 Å². The molecule has 3 rings (SSSR count). The highest BCUT2D eigenvalue weighted by Gasteiger charge is 2.17. The molecule has 0 fully saturated rings. The highest BCUT2D eigenvalue weighted by Crippen LogP contribution is 2.35. The van der Waals surface area contributed by atoms with Gasteiger partial charge < -0.3 is 18.8 Å². The molecule has 1 amide bonds. The Balaban J connectivity index is 2.17. The van der Waals surface area contributed by atoms with Crippen LogP contribution >= 0.6 is 11.3 Å². The third-order valence-corrected chi connectivity index (χ3v) is 5.36. The second kappa shape index (κ2) is 8.57. The first-order valence-corrected chi connectivity index (χ1v) is 9.69. The van der Waals surface area contributed by atoms with Gasteiger partial charge in [-0.1, -0.05) is 11.3 Å². The summed E-state index contributed by atoms with van der Waals surface area (Å²) in [6, 6.07) is 5.53. The van der Waals surface area contributed by atoms with Crippen LogP contribution in [0.1, 0.15) is 30.4 Å². The van der Waals surface area contributed by atoms with E-state index in [0.717, 1.165) is 10.2 Å². The molecule has 0 aliphatic carbocycles. The van der Waals surface area contributed by atoms with Gasteiger partial charge in [-0.05, 0) is 32.0 Å². The van der Waals surface area contributed by atoms with E-state index in [0.29, 0.717) is 35.1 Å². The first-order chi connectivity index (χ1) is 13.5. The topological polar surface area (TPSA) is 79.9 Å². The van der Waals surface area contributed by atoms with E-state index >= 15 is 0 Å². The first kappa shape index (κ1) is 20.1. The Bertz CT molecular complexity index is 1050. The summed E-state index contributed by atoms with van der Waals surface area (Å²) in [5, 5.41) is 4.31. The molecule has 9 heteroatoms. The number of ether oxygens (including phenoxy) is 3. The Morgan fingerprint density at radius 2 is 1.89 bits per heavy atom. The summed E-state index contributed by atoms with van der Waals surface area (Å²) in [4.78, 5) is 17.6. The molecule has 150 valence electrons. The van der Waals surface area contributed by atoms with Crippen LogP contribution in [0.5, 0.6) is 11.5 Å². The van der Waals surface area contributed by atoms with Crippen LogP contribution in [-0.2, 0) is 11.3 Å². The number of benzene rings is 1. The van der Waals surface area contributed by atoms with Gasteiger partial charge in [0.05, 0.1) is 20.8 Å². The Morgan fingerprint density at radius 3 is 2.50 bits per heavy atom. The fraction of sp³-hybridized carbons (Fsp3) is 0.421. The number of thiazole rings is 1. The third-order valence-electron chi connectivity index (χ3n) is 4.27. The average molecular weight is 404 g/mol. The number of rotatable bonds is 7. The smallest absolute Gasteiger partial charge is 0.300 e. The molecule has 0 spiro atoms. The zero-order valence-electron chi connectivity index (χ0n) is 16.6. The Hall–Kier alpha value is -2.65. The molecule has 2 aromatic heterocycles. The number of methoxy groups -OCH3 is 3. The number of hydrogen-bond donors (Lipinski definition) is 0. The number of hydrogen-bond acceptors (Lipinski definition) is 6. The van der Waals surface area contributed by atoms with E-state index in [-0.39, 0.29) is 6.04 Å². The van der Waals surface area contributed by atoms with E-state index in [4.69, 9.17) is 14.2 Å². The van der Waals surface area contributed by atoms with Crippen molar-refractivity contribution in [2.45, 2.75) is 26.4 Å². The second-order valence-electron chi connectivity index (χ2n) is 6.37. The zero-order valence-corrected chi connectivity index (χ0v) is 17.4. The van der Waals surface area contributed by atoms with Gasteiger partial charge in [-0.3, -0.25) is 9.48 Å². The minimum atomic E-state index is -0.393. The summed E-state index contributed by atoms with van der Waals surface area (Å²) in [5.41, 5.74) is 1.13. The van der Waals surface area contributed by atoms with E-state index in [2.05, 4.69) is 10.1 Å². The summed E-state index contributed by atoms with van der Waals surface area (Å²) < 4.78 is 20.8. The minimum absolute atomic E-state index is 0.172. The van der Waals surface area contributed by atoms with Crippen LogP contribution in [0, 0.1) is 0 Å². The van der Waals surface area contributed by atoms with Gasteiger partial charge >= 0.3 is 0 Å². The van der Waals surface area contributed by atoms with Gasteiger partial charge in [0.15, 0.2) is 10.5 Å². The van der Waals surface area contributed by atoms with Gasteiger partial charge in [-0.2, -0.15) is 10.1 Å². The van der Waals surface area contributed by atoms with Gasteiger partial charge in [-0.15, -0.1) is 0 Å². The molecule has 2 heterocycles. The molecule has 3 aromatic rings. The van der Waals surface area contributed by atoms with Crippen LogP contribution in [0.15, 0.2) is 29.4 Å². The molecule has 0 aliphatic heterocycles. The lowest BCUT2D eigenvalue weighted by atomic mass is 10.3. The van der Waals surface area contributed by atoms with E-state index in [9.17, 15) is 4.79 Å². The van der Waals surface area contributed by atoms with Crippen LogP contribution in [0.2, 0.25) is 0 Å². The Morgan fingerprint density at radius 1 is 1.18 bits per heavy atom. The number of fused-ring (bicyclic) bond motifs is 1. The summed E-state index contributed by atoms with van der Waals surface area (Å²) in [5.74, 6) is 0.987. The van der Waals surface area contributed by atoms with Crippen molar-refractivity contribution in [3.8, 4) is 11.5 Å². The Labute approximate surface area is 167 Å². The van der Waals surface area contributed by atoms with Gasteiger partial charge in [-0.25, -0.2) is 0 Å². The number of nitrogens with zero attached hydrogens (tertiary/aromatic N) is 4. The third kappa shape index (κ3) is 3.81. The molecular formula is C19H24N4O4S. The summed E-state index contributed by atoms with van der Waals surface area (Å²) in [6.45, 7) is 4.99. The van der Waals surface area contributed by atoms with Crippen molar-refractivity contribution in [1.29, 1.82) is 0 Å². The van der Waals surface area contributed by atoms with Crippen LogP contribution in [-0.4, -0.2) is 48.2 Å². The monoisotopic (exact) mass is 404 g/mol. The number of carbonyl (C=O) groups is 1. The van der Waals surface area contributed by atoms with Crippen molar-refractivity contribution < 1.29 is 19.0 Å². The maximum Gasteiger partial charge on any atom is 0.300 e. The van der Waals surface area contributed by atoms with E-state index in [1.54, 1.807) is 38.3 Å². The molecular weight excluding hydrogens is 380 g/mol. The maximum atomic E-state index is 12.7. The standard InChI is InChI=1S/C19H24N4O4S/c1-12(2)23-9-8-13(21-23)18(24)20-19-22(10-11-25-3)16-14(26-4)6-7-15(27-5)17(16)28-19/h6-9,12H,10-11H2,1-5H3. The van der Waals surface area contributed by atoms with Gasteiger partial charge in [0.1, 0.15) is 21.7 Å². The van der Waals surface area contributed by atoms with E-state index in [1.807, 2.05) is 30.5 Å². The molecule has 0 aliphatic rings. The normalized spacial score (nSPS) is 12.1. The van der Waals surface area contributed by atoms with Crippen molar-refractivity contribution in [2.24, 2.45) is 4.99 Å². The van der Waals surface area contributed by atoms with E-state index < -0.39 is 5.91 Å². The number of aromatic nitrogens is 3. The maximum absolute atomic E-state index is 12.7. The largest absolute Gasteiger partial charge is 0.495 e. The molecule has 28 heavy (non-hydrogen) atoms. The molecule has 0 unspecified atom stereocenters. The fourth-order valence-corrected chi connectivity index (χ4v) is 3.98. The van der Waals surface area contributed by atoms with Crippen LogP contribution in [0.3, 0.4) is 0 Å². The molecule has 0 bridgehead atoms. The summed E-state index contributed by atoms with van der Waals surface area (Å²) >= 11 is 1.37. The molecule has 0 atom stereocenters. The predicted molar refractivity (Wildman–Crippen MR) is 107 cm³/mol. The second-order valence-corrected chi connectivity index (χ2v) is 7.35. The minimum Gasteiger partial charge on any atom is -0.495 e. The lowest BCUT2D eigenvalue weighted by molar-refractivity contribution is 0.0991. The van der Waals surface area contributed by atoms with Crippen molar-refractivity contribution in [1.82, 2.24) is 14.3 Å². The molecule has 0 saturated heterocycles. The Kier molecular flexibility index (Phi) is 6.15. The lowest BCUT2D eigenvalue weighted by Gasteiger charge is -2.09. The number of amides is 1. The molecule has 0 N–H and O–H groups in total. The zero-order chi connectivity index (χ0) is 20.3. The van der Waals surface area contributed by atoms with Crippen LogP contribution in [0.25, 0.3) is 10.2 Å². The highest BCUT2D eigenvalue weighted by molar-refractivity contribution is 7.16. The quantitative estimate of drug-likeness (QED) is 0.605. The van der Waals surface area contributed by atoms with Crippen molar-refractivity contribution in [2.75, 3.05) is 27.9 Å². The fourth-order valence-electron chi connectivity index (χ4n) is 2.81. The van der Waals surface area contributed by atoms with Gasteiger partial charge in [0, 0.05) is 25.9 Å². The summed E-state index contributed by atoms with van der Waals surface area (Å²) in [7, 11) is 4.86. The van der Waals surface area contributed by atoms with E-state index in [1.165, 1.54) is 11.3 Å². The molecule has 1 aromatic carbocycles. The number of carbonyl (C=O) groups excluding carboxylic acids is 1. The van der Waals surface area contributed by atoms with Crippen molar-refractivity contribution in [3.63, 3.8) is 0 Å². The highest BCUT2D eigenvalue weighted by atomic mass is 32.1. The molecule has 0 saturated carbocycles. The van der Waals surface area contributed by atoms with Crippen LogP contribution in [0.4, 0.5) is 0 Å².